The number of benzene rings is 1. The monoisotopic (exact) mass is 399 g/mol. The Morgan fingerprint density at radius 3 is 2.69 bits per heavy atom. The number of hydrogen-bond acceptors (Lipinski definition) is 8. The van der Waals surface area contributed by atoms with Gasteiger partial charge in [-0.3, -0.25) is 0 Å². The van der Waals surface area contributed by atoms with E-state index in [0.29, 0.717) is 38.7 Å². The second-order valence-electron chi connectivity index (χ2n) is 6.88. The van der Waals surface area contributed by atoms with Crippen LogP contribution in [0.25, 0.3) is 0 Å². The van der Waals surface area contributed by atoms with E-state index in [4.69, 9.17) is 14.2 Å². The first kappa shape index (κ1) is 19.1. The third-order valence-corrected chi connectivity index (χ3v) is 4.85. The van der Waals surface area contributed by atoms with Crippen molar-refractivity contribution >= 4 is 23.4 Å². The lowest BCUT2D eigenvalue weighted by molar-refractivity contribution is 0.0983. The van der Waals surface area contributed by atoms with Crippen LogP contribution in [0.2, 0.25) is 0 Å². The number of nitrogens with zero attached hydrogens (tertiary/aromatic N) is 3. The Bertz CT molecular complexity index is 855. The number of amides is 1. The van der Waals surface area contributed by atoms with Gasteiger partial charge in [-0.25, -0.2) is 14.8 Å². The Balaban J connectivity index is 1.34. The molecule has 2 aromatic rings. The SMILES string of the molecule is CCOC(=O)N1CCC(Nc2cc(Nc3ccc4c(c3)OCCO4)ncn2)CC1. The van der Waals surface area contributed by atoms with Crippen molar-refractivity contribution in [2.24, 2.45) is 0 Å². The molecule has 154 valence electrons. The molecular formula is C20H25N5O4. The predicted molar refractivity (Wildman–Crippen MR) is 108 cm³/mol. The largest absolute Gasteiger partial charge is 0.486 e. The number of hydrogen-bond donors (Lipinski definition) is 2. The van der Waals surface area contributed by atoms with Crippen LogP contribution in [0.1, 0.15) is 19.8 Å². The highest BCUT2D eigenvalue weighted by atomic mass is 16.6. The first-order valence-corrected chi connectivity index (χ1v) is 9.88. The van der Waals surface area contributed by atoms with E-state index in [0.717, 1.165) is 35.8 Å². The van der Waals surface area contributed by atoms with Crippen molar-refractivity contribution in [1.82, 2.24) is 14.9 Å². The van der Waals surface area contributed by atoms with Crippen LogP contribution in [-0.2, 0) is 4.74 Å². The molecule has 0 saturated carbocycles. The second-order valence-corrected chi connectivity index (χ2v) is 6.88. The minimum absolute atomic E-state index is 0.237. The molecule has 0 atom stereocenters. The fourth-order valence-electron chi connectivity index (χ4n) is 3.40. The fraction of sp³-hybridized carbons (Fsp3) is 0.450. The number of rotatable bonds is 5. The third kappa shape index (κ3) is 4.79. The Kier molecular flexibility index (Phi) is 5.83. The Labute approximate surface area is 169 Å². The molecule has 0 aliphatic carbocycles. The van der Waals surface area contributed by atoms with E-state index < -0.39 is 0 Å². The van der Waals surface area contributed by atoms with Gasteiger partial charge in [-0.1, -0.05) is 0 Å². The van der Waals surface area contributed by atoms with E-state index in [-0.39, 0.29) is 12.1 Å². The first-order valence-electron chi connectivity index (χ1n) is 9.88. The van der Waals surface area contributed by atoms with Crippen LogP contribution in [0.5, 0.6) is 11.5 Å². The number of anilines is 3. The molecule has 0 bridgehead atoms. The van der Waals surface area contributed by atoms with Gasteiger partial charge in [-0.15, -0.1) is 0 Å². The van der Waals surface area contributed by atoms with E-state index in [1.165, 1.54) is 6.33 Å². The molecule has 9 heteroatoms. The van der Waals surface area contributed by atoms with Crippen LogP contribution < -0.4 is 20.1 Å². The van der Waals surface area contributed by atoms with Gasteiger partial charge in [0.2, 0.25) is 0 Å². The molecule has 2 aliphatic rings. The molecule has 0 unspecified atom stereocenters. The number of ether oxygens (including phenoxy) is 3. The number of piperidine rings is 1. The summed E-state index contributed by atoms with van der Waals surface area (Å²) < 4.78 is 16.2. The third-order valence-electron chi connectivity index (χ3n) is 4.85. The van der Waals surface area contributed by atoms with Crippen molar-refractivity contribution in [3.63, 3.8) is 0 Å². The van der Waals surface area contributed by atoms with Crippen molar-refractivity contribution < 1.29 is 19.0 Å². The molecule has 1 aromatic carbocycles. The van der Waals surface area contributed by atoms with Crippen molar-refractivity contribution in [1.29, 1.82) is 0 Å². The van der Waals surface area contributed by atoms with Gasteiger partial charge in [-0.2, -0.15) is 0 Å². The zero-order chi connectivity index (χ0) is 20.1. The van der Waals surface area contributed by atoms with Crippen LogP contribution >= 0.6 is 0 Å². The molecule has 1 aromatic heterocycles. The number of fused-ring (bicyclic) bond motifs is 1. The number of likely N-dealkylation sites (tertiary alicyclic amines) is 1. The zero-order valence-electron chi connectivity index (χ0n) is 16.4. The van der Waals surface area contributed by atoms with Crippen LogP contribution in [-0.4, -0.2) is 59.9 Å². The van der Waals surface area contributed by atoms with E-state index in [2.05, 4.69) is 20.6 Å². The highest BCUT2D eigenvalue weighted by Gasteiger charge is 2.23. The van der Waals surface area contributed by atoms with E-state index in [9.17, 15) is 4.79 Å². The van der Waals surface area contributed by atoms with Gasteiger partial charge >= 0.3 is 6.09 Å². The summed E-state index contributed by atoms with van der Waals surface area (Å²) in [5.41, 5.74) is 0.863. The summed E-state index contributed by atoms with van der Waals surface area (Å²) in [5, 5.41) is 6.71. The summed E-state index contributed by atoms with van der Waals surface area (Å²) in [6.45, 7) is 4.68. The maximum Gasteiger partial charge on any atom is 0.409 e. The van der Waals surface area contributed by atoms with Crippen molar-refractivity contribution in [2.75, 3.05) is 43.5 Å². The molecule has 1 fully saturated rings. The van der Waals surface area contributed by atoms with Gasteiger partial charge in [0, 0.05) is 37.0 Å². The normalized spacial score (nSPS) is 16.2. The summed E-state index contributed by atoms with van der Waals surface area (Å²) >= 11 is 0. The number of carbonyl (C=O) groups excluding carboxylic acids is 1. The van der Waals surface area contributed by atoms with E-state index >= 15 is 0 Å². The average molecular weight is 399 g/mol. The first-order chi connectivity index (χ1) is 14.2. The number of carbonyl (C=O) groups is 1. The molecule has 1 saturated heterocycles. The van der Waals surface area contributed by atoms with Crippen molar-refractivity contribution in [3.8, 4) is 11.5 Å². The summed E-state index contributed by atoms with van der Waals surface area (Å²) in [6.07, 6.45) is 2.97. The predicted octanol–water partition coefficient (Wildman–Crippen LogP) is 3.02. The standard InChI is InChI=1S/C20H25N5O4/c1-2-27-20(26)25-7-5-14(6-8-25)23-18-12-19(22-13-21-18)24-15-3-4-16-17(11-15)29-10-9-28-16/h3-4,11-14H,2,5-10H2,1H3,(H2,21,22,23,24). The maximum absolute atomic E-state index is 11.8. The van der Waals surface area contributed by atoms with Crippen molar-refractivity contribution in [2.45, 2.75) is 25.8 Å². The van der Waals surface area contributed by atoms with Crippen LogP contribution in [0.15, 0.2) is 30.6 Å². The average Bonchev–Trinajstić information content (AvgIpc) is 2.75. The zero-order valence-corrected chi connectivity index (χ0v) is 16.4. The van der Waals surface area contributed by atoms with Gasteiger partial charge in [0.25, 0.3) is 0 Å². The Morgan fingerprint density at radius 2 is 1.90 bits per heavy atom. The summed E-state index contributed by atoms with van der Waals surface area (Å²) in [5.74, 6) is 2.90. The van der Waals surface area contributed by atoms with Gasteiger partial charge in [0.15, 0.2) is 11.5 Å². The molecule has 2 N–H and O–H groups in total. The molecule has 9 nitrogen and oxygen atoms in total. The minimum Gasteiger partial charge on any atom is -0.486 e. The minimum atomic E-state index is -0.237. The number of aromatic nitrogens is 2. The fourth-order valence-corrected chi connectivity index (χ4v) is 3.40. The summed E-state index contributed by atoms with van der Waals surface area (Å²) in [6, 6.07) is 7.82. The highest BCUT2D eigenvalue weighted by molar-refractivity contribution is 5.67. The quantitative estimate of drug-likeness (QED) is 0.792. The lowest BCUT2D eigenvalue weighted by Gasteiger charge is -2.31. The van der Waals surface area contributed by atoms with E-state index in [1.807, 2.05) is 31.2 Å². The van der Waals surface area contributed by atoms with Crippen LogP contribution in [0.3, 0.4) is 0 Å². The van der Waals surface area contributed by atoms with Crippen LogP contribution in [0, 0.1) is 0 Å². The topological polar surface area (TPSA) is 97.8 Å². The Morgan fingerprint density at radius 1 is 1.14 bits per heavy atom. The molecular weight excluding hydrogens is 374 g/mol. The summed E-state index contributed by atoms with van der Waals surface area (Å²) in [4.78, 5) is 22.2. The summed E-state index contributed by atoms with van der Waals surface area (Å²) in [7, 11) is 0. The lowest BCUT2D eigenvalue weighted by atomic mass is 10.1. The van der Waals surface area contributed by atoms with Gasteiger partial charge < -0.3 is 29.7 Å². The van der Waals surface area contributed by atoms with E-state index in [1.54, 1.807) is 4.90 Å². The smallest absolute Gasteiger partial charge is 0.409 e. The van der Waals surface area contributed by atoms with Gasteiger partial charge in [0.1, 0.15) is 31.2 Å². The van der Waals surface area contributed by atoms with Gasteiger partial charge in [-0.05, 0) is 31.9 Å². The molecule has 0 radical (unpaired) electrons. The molecule has 1 amide bonds. The number of nitrogens with one attached hydrogen (secondary N) is 2. The molecule has 3 heterocycles. The highest BCUT2D eigenvalue weighted by Crippen LogP contribution is 2.33. The van der Waals surface area contributed by atoms with Crippen molar-refractivity contribution in [3.05, 3.63) is 30.6 Å². The second kappa shape index (κ2) is 8.85. The molecule has 29 heavy (non-hydrogen) atoms. The van der Waals surface area contributed by atoms with Gasteiger partial charge in [0.05, 0.1) is 6.61 Å². The molecule has 0 spiro atoms. The maximum atomic E-state index is 11.8. The molecule has 2 aliphatic heterocycles. The molecule has 4 rings (SSSR count). The lowest BCUT2D eigenvalue weighted by Crippen LogP contribution is -2.42. The Hall–Kier alpha value is -3.23. The van der Waals surface area contributed by atoms with Crippen LogP contribution in [0.4, 0.5) is 22.1 Å².